The van der Waals surface area contributed by atoms with E-state index >= 15 is 0 Å². The smallest absolute Gasteiger partial charge is 0.313 e. The molecular weight excluding hydrogens is 426 g/mol. The first-order valence-electron chi connectivity index (χ1n) is 12.8. The molecule has 1 aliphatic heterocycles. The van der Waals surface area contributed by atoms with Crippen LogP contribution >= 0.6 is 0 Å². The number of aromatic nitrogens is 2. The number of hydrogen-bond acceptors (Lipinski definition) is 4. The Bertz CT molecular complexity index is 999. The molecule has 1 aromatic carbocycles. The number of carboxylic acid groups (broad SMARTS) is 1. The lowest BCUT2D eigenvalue weighted by molar-refractivity contribution is -0.142. The first-order valence-corrected chi connectivity index (χ1v) is 12.8. The molecule has 2 aromatic rings. The van der Waals surface area contributed by atoms with Gasteiger partial charge in [0.25, 0.3) is 0 Å². The third-order valence-electron chi connectivity index (χ3n) is 7.48. The number of imidazole rings is 1. The van der Waals surface area contributed by atoms with Crippen LogP contribution in [-0.4, -0.2) is 58.4 Å². The minimum atomic E-state index is -0.857. The average Bonchev–Trinajstić information content (AvgIpc) is 3.22. The summed E-state index contributed by atoms with van der Waals surface area (Å²) in [7, 11) is 0. The number of nitrogens with zero attached hydrogens (tertiary/aromatic N) is 3. The molecule has 4 rings (SSSR count). The molecule has 0 radical (unpaired) electrons. The summed E-state index contributed by atoms with van der Waals surface area (Å²) < 4.78 is 8.08. The van der Waals surface area contributed by atoms with Gasteiger partial charge in [-0.2, -0.15) is 0 Å². The molecule has 1 aromatic heterocycles. The van der Waals surface area contributed by atoms with E-state index in [1.54, 1.807) is 13.8 Å². The lowest BCUT2D eigenvalue weighted by Gasteiger charge is -2.32. The highest BCUT2D eigenvalue weighted by Gasteiger charge is 2.29. The van der Waals surface area contributed by atoms with Crippen LogP contribution in [0.15, 0.2) is 30.3 Å². The van der Waals surface area contributed by atoms with Crippen molar-refractivity contribution >= 4 is 12.0 Å². The summed E-state index contributed by atoms with van der Waals surface area (Å²) in [5.41, 5.74) is 3.80. The van der Waals surface area contributed by atoms with E-state index in [4.69, 9.17) is 9.72 Å². The summed E-state index contributed by atoms with van der Waals surface area (Å²) in [6, 6.07) is 8.10. The number of fused-ring (bicyclic) bond motifs is 1. The molecule has 2 heterocycles. The number of aliphatic carboxylic acids is 1. The molecular formula is C28H39N3O3. The SMILES string of the molecule is CCOCCn1c(C2CCN(CCc3ccc(C(C)(C)C(=O)O)cc3)CC2)nc2c1C=CCC2. The van der Waals surface area contributed by atoms with Crippen LogP contribution in [-0.2, 0) is 34.3 Å². The molecule has 0 atom stereocenters. The fraction of sp³-hybridized carbons (Fsp3) is 0.571. The van der Waals surface area contributed by atoms with Crippen molar-refractivity contribution in [1.82, 2.24) is 14.5 Å². The summed E-state index contributed by atoms with van der Waals surface area (Å²) >= 11 is 0. The monoisotopic (exact) mass is 465 g/mol. The molecule has 1 N–H and O–H groups in total. The number of likely N-dealkylation sites (tertiary alicyclic amines) is 1. The average molecular weight is 466 g/mol. The molecule has 1 aliphatic carbocycles. The minimum Gasteiger partial charge on any atom is -0.481 e. The van der Waals surface area contributed by atoms with Crippen LogP contribution in [0.3, 0.4) is 0 Å². The molecule has 184 valence electrons. The zero-order chi connectivity index (χ0) is 24.1. The van der Waals surface area contributed by atoms with Gasteiger partial charge in [-0.3, -0.25) is 4.79 Å². The predicted octanol–water partition coefficient (Wildman–Crippen LogP) is 4.66. The van der Waals surface area contributed by atoms with E-state index in [9.17, 15) is 9.90 Å². The number of rotatable bonds is 10. The second-order valence-corrected chi connectivity index (χ2v) is 10.1. The fourth-order valence-electron chi connectivity index (χ4n) is 5.08. The lowest BCUT2D eigenvalue weighted by atomic mass is 9.84. The van der Waals surface area contributed by atoms with Gasteiger partial charge in [0.2, 0.25) is 0 Å². The molecule has 0 unspecified atom stereocenters. The van der Waals surface area contributed by atoms with Crippen LogP contribution in [0.25, 0.3) is 6.08 Å². The van der Waals surface area contributed by atoms with Crippen LogP contribution in [0.4, 0.5) is 0 Å². The van der Waals surface area contributed by atoms with E-state index in [1.165, 1.54) is 22.8 Å². The highest BCUT2D eigenvalue weighted by Crippen LogP contribution is 2.31. The number of aryl methyl sites for hydroxylation is 1. The van der Waals surface area contributed by atoms with Crippen molar-refractivity contribution < 1.29 is 14.6 Å². The number of piperidine rings is 1. The second kappa shape index (κ2) is 10.9. The van der Waals surface area contributed by atoms with E-state index in [-0.39, 0.29) is 0 Å². The van der Waals surface area contributed by atoms with Crippen molar-refractivity contribution in [2.75, 3.05) is 32.8 Å². The van der Waals surface area contributed by atoms with Gasteiger partial charge in [0.1, 0.15) is 5.82 Å². The summed E-state index contributed by atoms with van der Waals surface area (Å²) in [5.74, 6) is 0.973. The first kappa shape index (κ1) is 24.7. The van der Waals surface area contributed by atoms with Crippen molar-refractivity contribution in [1.29, 1.82) is 0 Å². The van der Waals surface area contributed by atoms with Gasteiger partial charge in [0, 0.05) is 25.6 Å². The fourth-order valence-corrected chi connectivity index (χ4v) is 5.08. The van der Waals surface area contributed by atoms with Crippen LogP contribution in [0, 0.1) is 0 Å². The second-order valence-electron chi connectivity index (χ2n) is 10.1. The molecule has 0 bridgehead atoms. The number of hydrogen-bond donors (Lipinski definition) is 1. The molecule has 1 saturated heterocycles. The van der Waals surface area contributed by atoms with Crippen molar-refractivity contribution in [3.63, 3.8) is 0 Å². The molecule has 0 amide bonds. The number of ether oxygens (including phenoxy) is 1. The summed E-state index contributed by atoms with van der Waals surface area (Å²) in [6.07, 6.45) is 9.91. The number of benzene rings is 1. The standard InChI is InChI=1S/C28H39N3O3/c1-4-34-20-19-31-25-8-6-5-7-24(25)29-26(31)22-14-17-30(18-15-22)16-13-21-9-11-23(12-10-21)28(2,3)27(32)33/h6,8-12,22H,4-5,7,13-20H2,1-3H3,(H,32,33). The Hall–Kier alpha value is -2.44. The normalized spacial score (nSPS) is 17.1. The predicted molar refractivity (Wildman–Crippen MR) is 135 cm³/mol. The maximum atomic E-state index is 11.5. The molecule has 34 heavy (non-hydrogen) atoms. The Kier molecular flexibility index (Phi) is 7.89. The zero-order valence-electron chi connectivity index (χ0n) is 20.9. The zero-order valence-corrected chi connectivity index (χ0v) is 20.9. The molecule has 0 saturated carbocycles. The lowest BCUT2D eigenvalue weighted by Crippen LogP contribution is -2.35. The molecule has 6 nitrogen and oxygen atoms in total. The first-order chi connectivity index (χ1) is 16.4. The molecule has 0 spiro atoms. The Morgan fingerprint density at radius 2 is 1.91 bits per heavy atom. The van der Waals surface area contributed by atoms with Gasteiger partial charge in [0.05, 0.1) is 23.4 Å². The molecule has 6 heteroatoms. The van der Waals surface area contributed by atoms with Gasteiger partial charge >= 0.3 is 5.97 Å². The summed E-state index contributed by atoms with van der Waals surface area (Å²) in [4.78, 5) is 19.2. The van der Waals surface area contributed by atoms with E-state index < -0.39 is 11.4 Å². The van der Waals surface area contributed by atoms with Crippen molar-refractivity contribution in [2.45, 2.75) is 70.8 Å². The van der Waals surface area contributed by atoms with Gasteiger partial charge in [0.15, 0.2) is 0 Å². The van der Waals surface area contributed by atoms with E-state index in [1.807, 2.05) is 19.1 Å². The third-order valence-corrected chi connectivity index (χ3v) is 7.48. The van der Waals surface area contributed by atoms with Crippen LogP contribution < -0.4 is 0 Å². The van der Waals surface area contributed by atoms with E-state index in [2.05, 4.69) is 33.8 Å². The minimum absolute atomic E-state index is 0.509. The summed E-state index contributed by atoms with van der Waals surface area (Å²) in [5, 5.41) is 9.44. The maximum Gasteiger partial charge on any atom is 0.313 e. The summed E-state index contributed by atoms with van der Waals surface area (Å²) in [6.45, 7) is 11.1. The quantitative estimate of drug-likeness (QED) is 0.517. The number of carboxylic acids is 1. The van der Waals surface area contributed by atoms with Crippen molar-refractivity contribution in [3.05, 3.63) is 58.7 Å². The third kappa shape index (κ3) is 5.44. The maximum absolute atomic E-state index is 11.5. The molecule has 1 fully saturated rings. The highest BCUT2D eigenvalue weighted by molar-refractivity contribution is 5.80. The number of carbonyl (C=O) groups is 1. The Balaban J connectivity index is 1.33. The van der Waals surface area contributed by atoms with Gasteiger partial charge in [-0.05, 0) is 83.2 Å². The Morgan fingerprint density at radius 3 is 2.59 bits per heavy atom. The van der Waals surface area contributed by atoms with E-state index in [0.717, 1.165) is 77.1 Å². The van der Waals surface area contributed by atoms with Gasteiger partial charge in [-0.1, -0.05) is 30.3 Å². The van der Waals surface area contributed by atoms with Crippen LogP contribution in [0.1, 0.15) is 74.3 Å². The Morgan fingerprint density at radius 1 is 1.18 bits per heavy atom. The van der Waals surface area contributed by atoms with Crippen molar-refractivity contribution in [2.24, 2.45) is 0 Å². The van der Waals surface area contributed by atoms with Gasteiger partial charge in [-0.25, -0.2) is 4.98 Å². The largest absolute Gasteiger partial charge is 0.481 e. The van der Waals surface area contributed by atoms with Gasteiger partial charge < -0.3 is 19.3 Å². The van der Waals surface area contributed by atoms with E-state index in [0.29, 0.717) is 5.92 Å². The van der Waals surface area contributed by atoms with Crippen LogP contribution in [0.2, 0.25) is 0 Å². The van der Waals surface area contributed by atoms with Crippen molar-refractivity contribution in [3.8, 4) is 0 Å². The number of allylic oxidation sites excluding steroid dienone is 1. The van der Waals surface area contributed by atoms with Crippen LogP contribution in [0.5, 0.6) is 0 Å². The molecule has 2 aliphatic rings. The highest BCUT2D eigenvalue weighted by atomic mass is 16.5. The van der Waals surface area contributed by atoms with Gasteiger partial charge in [-0.15, -0.1) is 0 Å². The Labute approximate surface area is 203 Å². The topological polar surface area (TPSA) is 67.6 Å².